The molecular formula is C17H23NO2. The molecule has 0 aliphatic heterocycles. The second-order valence-electron chi connectivity index (χ2n) is 6.21. The summed E-state index contributed by atoms with van der Waals surface area (Å²) in [5, 5.41) is 11.5. The first-order valence-electron chi connectivity index (χ1n) is 7.50. The van der Waals surface area contributed by atoms with Crippen molar-refractivity contribution in [2.45, 2.75) is 39.2 Å². The highest BCUT2D eigenvalue weighted by molar-refractivity contribution is 5.87. The van der Waals surface area contributed by atoms with Crippen molar-refractivity contribution >= 4 is 10.9 Å². The van der Waals surface area contributed by atoms with Crippen molar-refractivity contribution in [1.29, 1.82) is 0 Å². The number of nitrogens with zero attached hydrogens (tertiary/aromatic N) is 1. The third-order valence-corrected chi connectivity index (χ3v) is 4.13. The first-order valence-corrected chi connectivity index (χ1v) is 7.50. The molecule has 0 amide bonds. The van der Waals surface area contributed by atoms with Crippen LogP contribution in [0.4, 0.5) is 0 Å². The minimum absolute atomic E-state index is 0.323. The van der Waals surface area contributed by atoms with Gasteiger partial charge in [0.05, 0.1) is 18.4 Å². The number of benzene rings is 1. The molecule has 0 saturated carbocycles. The lowest BCUT2D eigenvalue weighted by Gasteiger charge is -2.19. The van der Waals surface area contributed by atoms with Crippen LogP contribution in [0.1, 0.15) is 44.1 Å². The lowest BCUT2D eigenvalue weighted by Crippen LogP contribution is -2.11. The van der Waals surface area contributed by atoms with Crippen LogP contribution in [0, 0.1) is 5.92 Å². The first kappa shape index (κ1) is 13.5. The number of aryl methyl sites for hydroxylation is 2. The van der Waals surface area contributed by atoms with Gasteiger partial charge in [-0.15, -0.1) is 0 Å². The van der Waals surface area contributed by atoms with Crippen molar-refractivity contribution in [2.24, 2.45) is 13.0 Å². The molecule has 0 bridgehead atoms. The Hall–Kier alpha value is -1.48. The van der Waals surface area contributed by atoms with E-state index in [1.165, 1.54) is 16.5 Å². The van der Waals surface area contributed by atoms with E-state index in [0.29, 0.717) is 5.92 Å². The van der Waals surface area contributed by atoms with Crippen LogP contribution in [-0.4, -0.2) is 16.3 Å². The maximum atomic E-state index is 10.2. The van der Waals surface area contributed by atoms with E-state index in [9.17, 15) is 5.11 Å². The third kappa shape index (κ3) is 2.20. The summed E-state index contributed by atoms with van der Waals surface area (Å²) in [6, 6.07) is 6.27. The van der Waals surface area contributed by atoms with Gasteiger partial charge in [0.1, 0.15) is 5.75 Å². The monoisotopic (exact) mass is 273 g/mol. The molecule has 0 spiro atoms. The predicted molar refractivity (Wildman–Crippen MR) is 81.1 cm³/mol. The highest BCUT2D eigenvalue weighted by Crippen LogP contribution is 2.37. The summed E-state index contributed by atoms with van der Waals surface area (Å²) in [5.41, 5.74) is 3.58. The van der Waals surface area contributed by atoms with Crippen LogP contribution >= 0.6 is 0 Å². The van der Waals surface area contributed by atoms with E-state index in [1.807, 2.05) is 13.1 Å². The number of rotatable bonds is 3. The van der Waals surface area contributed by atoms with Crippen molar-refractivity contribution < 1.29 is 9.84 Å². The van der Waals surface area contributed by atoms with Crippen LogP contribution in [0.2, 0.25) is 0 Å². The summed E-state index contributed by atoms with van der Waals surface area (Å²) in [5.74, 6) is 1.46. The smallest absolute Gasteiger partial charge is 0.120 e. The second kappa shape index (κ2) is 5.13. The zero-order valence-corrected chi connectivity index (χ0v) is 12.5. The number of aliphatic hydroxyl groups is 1. The molecule has 1 heterocycles. The molecule has 1 N–H and O–H groups in total. The Labute approximate surface area is 120 Å². The summed E-state index contributed by atoms with van der Waals surface area (Å²) < 4.78 is 7.97. The molecule has 0 fully saturated rings. The summed E-state index contributed by atoms with van der Waals surface area (Å²) in [4.78, 5) is 0. The van der Waals surface area contributed by atoms with Crippen molar-refractivity contribution in [3.8, 4) is 5.75 Å². The Morgan fingerprint density at radius 1 is 1.40 bits per heavy atom. The molecule has 1 atom stereocenters. The molecule has 1 aliphatic carbocycles. The number of fused-ring (bicyclic) bond motifs is 3. The SMILES string of the molecule is CC(C)COc1ccc2c(c1)c1c(n2C)C(O)CCC1. The Bertz CT molecular complexity index is 627. The van der Waals surface area contributed by atoms with E-state index >= 15 is 0 Å². The average Bonchev–Trinajstić information content (AvgIpc) is 2.71. The maximum absolute atomic E-state index is 10.2. The van der Waals surface area contributed by atoms with Crippen LogP contribution < -0.4 is 4.74 Å². The summed E-state index contributed by atoms with van der Waals surface area (Å²) in [7, 11) is 2.05. The number of hydrogen-bond acceptors (Lipinski definition) is 2. The summed E-state index contributed by atoms with van der Waals surface area (Å²) in [6.45, 7) is 5.04. The molecule has 1 aliphatic rings. The highest BCUT2D eigenvalue weighted by Gasteiger charge is 2.25. The van der Waals surface area contributed by atoms with E-state index in [4.69, 9.17) is 4.74 Å². The Morgan fingerprint density at radius 3 is 2.95 bits per heavy atom. The largest absolute Gasteiger partial charge is 0.493 e. The molecule has 20 heavy (non-hydrogen) atoms. The van der Waals surface area contributed by atoms with Crippen LogP contribution in [0.15, 0.2) is 18.2 Å². The van der Waals surface area contributed by atoms with Crippen molar-refractivity contribution in [1.82, 2.24) is 4.57 Å². The zero-order chi connectivity index (χ0) is 14.3. The quantitative estimate of drug-likeness (QED) is 0.927. The number of aliphatic hydroxyl groups excluding tert-OH is 1. The minimum Gasteiger partial charge on any atom is -0.493 e. The van der Waals surface area contributed by atoms with Gasteiger partial charge in [-0.05, 0) is 48.9 Å². The van der Waals surface area contributed by atoms with Crippen LogP contribution in [0.3, 0.4) is 0 Å². The number of ether oxygens (including phenoxy) is 1. The molecular weight excluding hydrogens is 250 g/mol. The molecule has 1 unspecified atom stereocenters. The van der Waals surface area contributed by atoms with E-state index in [-0.39, 0.29) is 6.10 Å². The average molecular weight is 273 g/mol. The van der Waals surface area contributed by atoms with E-state index in [0.717, 1.165) is 37.3 Å². The lowest BCUT2D eigenvalue weighted by molar-refractivity contribution is 0.149. The van der Waals surface area contributed by atoms with Gasteiger partial charge in [-0.1, -0.05) is 13.8 Å². The molecule has 3 rings (SSSR count). The third-order valence-electron chi connectivity index (χ3n) is 4.13. The van der Waals surface area contributed by atoms with Crippen LogP contribution in [-0.2, 0) is 13.5 Å². The molecule has 3 nitrogen and oxygen atoms in total. The fourth-order valence-electron chi connectivity index (χ4n) is 3.17. The van der Waals surface area contributed by atoms with Crippen molar-refractivity contribution in [3.63, 3.8) is 0 Å². The second-order valence-corrected chi connectivity index (χ2v) is 6.21. The molecule has 1 aromatic heterocycles. The number of aromatic nitrogens is 1. The predicted octanol–water partition coefficient (Wildman–Crippen LogP) is 3.58. The topological polar surface area (TPSA) is 34.4 Å². The zero-order valence-electron chi connectivity index (χ0n) is 12.5. The van der Waals surface area contributed by atoms with E-state index in [1.54, 1.807) is 0 Å². The highest BCUT2D eigenvalue weighted by atomic mass is 16.5. The van der Waals surface area contributed by atoms with Crippen molar-refractivity contribution in [2.75, 3.05) is 6.61 Å². The van der Waals surface area contributed by atoms with Crippen LogP contribution in [0.25, 0.3) is 10.9 Å². The van der Waals surface area contributed by atoms with Gasteiger partial charge in [-0.2, -0.15) is 0 Å². The van der Waals surface area contributed by atoms with Gasteiger partial charge >= 0.3 is 0 Å². The summed E-state index contributed by atoms with van der Waals surface area (Å²) in [6.07, 6.45) is 2.66. The fourth-order valence-corrected chi connectivity index (χ4v) is 3.17. The minimum atomic E-state index is -0.323. The molecule has 108 valence electrons. The maximum Gasteiger partial charge on any atom is 0.120 e. The molecule has 1 aromatic carbocycles. The standard InChI is InChI=1S/C17H23NO2/c1-11(2)10-20-12-7-8-15-14(9-12)13-5-4-6-16(19)17(13)18(15)3/h7-9,11,16,19H,4-6,10H2,1-3H3. The van der Waals surface area contributed by atoms with E-state index in [2.05, 4.69) is 30.5 Å². The van der Waals surface area contributed by atoms with Gasteiger partial charge in [0, 0.05) is 18.0 Å². The van der Waals surface area contributed by atoms with Gasteiger partial charge < -0.3 is 14.4 Å². The van der Waals surface area contributed by atoms with Gasteiger partial charge in [0.2, 0.25) is 0 Å². The van der Waals surface area contributed by atoms with Gasteiger partial charge in [-0.25, -0.2) is 0 Å². The molecule has 0 saturated heterocycles. The van der Waals surface area contributed by atoms with E-state index < -0.39 is 0 Å². The fraction of sp³-hybridized carbons (Fsp3) is 0.529. The van der Waals surface area contributed by atoms with Gasteiger partial charge in [0.25, 0.3) is 0 Å². The van der Waals surface area contributed by atoms with Crippen LogP contribution in [0.5, 0.6) is 5.75 Å². The molecule has 0 radical (unpaired) electrons. The molecule has 3 heteroatoms. The first-order chi connectivity index (χ1) is 9.58. The normalized spacial score (nSPS) is 18.6. The van der Waals surface area contributed by atoms with Crippen molar-refractivity contribution in [3.05, 3.63) is 29.5 Å². The Morgan fingerprint density at radius 2 is 2.20 bits per heavy atom. The van der Waals surface area contributed by atoms with Gasteiger partial charge in [0.15, 0.2) is 0 Å². The van der Waals surface area contributed by atoms with Gasteiger partial charge in [-0.3, -0.25) is 0 Å². The number of hydrogen-bond donors (Lipinski definition) is 1. The summed E-state index contributed by atoms with van der Waals surface area (Å²) >= 11 is 0. The Balaban J connectivity index is 2.05. The molecule has 2 aromatic rings. The Kier molecular flexibility index (Phi) is 3.47. The lowest BCUT2D eigenvalue weighted by atomic mass is 9.93.